The predicted octanol–water partition coefficient (Wildman–Crippen LogP) is 5.22. The molecule has 0 aliphatic carbocycles. The zero-order valence-corrected chi connectivity index (χ0v) is 19.9. The van der Waals surface area contributed by atoms with Crippen LogP contribution in [0.25, 0.3) is 10.1 Å². The van der Waals surface area contributed by atoms with E-state index in [0.717, 1.165) is 43.7 Å². The standard InChI is InChI=1S/C24H22F4N4O3S/c25-18-4-2-1-3-15(18)13-30-8-5-23(14-30)6-9-31(10-7-23)22-29-21(33)17-11-16(24(26,27)28)12-19(32(34)35)20(17)36-22/h1-4,11-12H,5-10,13-14H2. The molecule has 3 aromatic rings. The largest absolute Gasteiger partial charge is 0.416 e. The molecule has 5 rings (SSSR count). The number of likely N-dealkylation sites (tertiary alicyclic amines) is 1. The Morgan fingerprint density at radius 3 is 2.47 bits per heavy atom. The molecule has 0 saturated carbocycles. The van der Waals surface area contributed by atoms with Gasteiger partial charge in [0.1, 0.15) is 10.5 Å². The van der Waals surface area contributed by atoms with Crippen LogP contribution in [-0.2, 0) is 12.7 Å². The highest BCUT2D eigenvalue weighted by Gasteiger charge is 2.41. The van der Waals surface area contributed by atoms with Crippen molar-refractivity contribution in [2.24, 2.45) is 5.41 Å². The molecule has 7 nitrogen and oxygen atoms in total. The second-order valence-electron chi connectivity index (χ2n) is 9.47. The number of anilines is 1. The van der Waals surface area contributed by atoms with Crippen molar-refractivity contribution < 1.29 is 22.5 Å². The molecule has 190 valence electrons. The van der Waals surface area contributed by atoms with E-state index in [4.69, 9.17) is 0 Å². The summed E-state index contributed by atoms with van der Waals surface area (Å²) in [7, 11) is 0. The minimum atomic E-state index is -4.82. The van der Waals surface area contributed by atoms with Crippen molar-refractivity contribution >= 4 is 32.2 Å². The Morgan fingerprint density at radius 2 is 1.81 bits per heavy atom. The Kier molecular flexibility index (Phi) is 6.19. The molecule has 0 N–H and O–H groups in total. The lowest BCUT2D eigenvalue weighted by Crippen LogP contribution is -2.42. The Bertz CT molecular complexity index is 1390. The molecule has 0 radical (unpaired) electrons. The summed E-state index contributed by atoms with van der Waals surface area (Å²) in [6.07, 6.45) is -2.26. The van der Waals surface area contributed by atoms with Crippen molar-refractivity contribution in [1.82, 2.24) is 9.88 Å². The Morgan fingerprint density at radius 1 is 1.11 bits per heavy atom. The molecule has 2 aromatic carbocycles. The van der Waals surface area contributed by atoms with Gasteiger partial charge in [0.25, 0.3) is 11.2 Å². The summed E-state index contributed by atoms with van der Waals surface area (Å²) >= 11 is 0.870. The third-order valence-corrected chi connectivity index (χ3v) is 8.34. The van der Waals surface area contributed by atoms with Crippen molar-refractivity contribution in [2.45, 2.75) is 32.0 Å². The van der Waals surface area contributed by atoms with Crippen molar-refractivity contribution in [1.29, 1.82) is 0 Å². The van der Waals surface area contributed by atoms with Crippen LogP contribution >= 0.6 is 11.3 Å². The van der Waals surface area contributed by atoms with E-state index in [2.05, 4.69) is 9.88 Å². The summed E-state index contributed by atoms with van der Waals surface area (Å²) in [4.78, 5) is 31.4. The van der Waals surface area contributed by atoms with E-state index < -0.39 is 33.3 Å². The monoisotopic (exact) mass is 522 g/mol. The molecule has 2 fully saturated rings. The van der Waals surface area contributed by atoms with Crippen LogP contribution in [0.4, 0.5) is 28.4 Å². The van der Waals surface area contributed by atoms with Crippen LogP contribution in [0.15, 0.2) is 41.2 Å². The summed E-state index contributed by atoms with van der Waals surface area (Å²) in [6.45, 7) is 3.34. The van der Waals surface area contributed by atoms with E-state index in [1.807, 2.05) is 11.0 Å². The van der Waals surface area contributed by atoms with Gasteiger partial charge in [-0.25, -0.2) is 4.39 Å². The molecule has 12 heteroatoms. The number of hydrogen-bond donors (Lipinski definition) is 0. The lowest BCUT2D eigenvalue weighted by molar-refractivity contribution is -0.383. The minimum Gasteiger partial charge on any atom is -0.348 e. The molecule has 2 saturated heterocycles. The second kappa shape index (κ2) is 9.07. The number of benzene rings is 2. The minimum absolute atomic E-state index is 0.0528. The van der Waals surface area contributed by atoms with Crippen molar-refractivity contribution in [3.63, 3.8) is 0 Å². The SMILES string of the molecule is O=c1nc(N2CCC3(CCN(Cc4ccccc4F)C3)CC2)sc2c([N+](=O)[O-])cc(C(F)(F)F)cc12. The Balaban J connectivity index is 1.35. The van der Waals surface area contributed by atoms with Crippen molar-refractivity contribution in [2.75, 3.05) is 31.1 Å². The highest BCUT2D eigenvalue weighted by Crippen LogP contribution is 2.43. The van der Waals surface area contributed by atoms with Crippen LogP contribution in [0.3, 0.4) is 0 Å². The van der Waals surface area contributed by atoms with E-state index in [1.54, 1.807) is 12.1 Å². The predicted molar refractivity (Wildman–Crippen MR) is 128 cm³/mol. The Hall–Kier alpha value is -3.12. The number of halogens is 4. The molecular weight excluding hydrogens is 500 g/mol. The van der Waals surface area contributed by atoms with Gasteiger partial charge in [-0.3, -0.25) is 19.8 Å². The maximum Gasteiger partial charge on any atom is 0.416 e. The summed E-state index contributed by atoms with van der Waals surface area (Å²) in [5.41, 5.74) is -2.20. The molecule has 36 heavy (non-hydrogen) atoms. The normalized spacial score (nSPS) is 18.3. The van der Waals surface area contributed by atoms with Gasteiger partial charge in [0.05, 0.1) is 15.9 Å². The smallest absolute Gasteiger partial charge is 0.348 e. The quantitative estimate of drug-likeness (QED) is 0.266. The van der Waals surface area contributed by atoms with Gasteiger partial charge in [0, 0.05) is 37.8 Å². The maximum absolute atomic E-state index is 14.1. The molecule has 0 bridgehead atoms. The topological polar surface area (TPSA) is 79.6 Å². The number of nitro groups is 1. The second-order valence-corrected chi connectivity index (χ2v) is 10.4. The Labute approximate surface area is 207 Å². The third kappa shape index (κ3) is 4.66. The van der Waals surface area contributed by atoms with Gasteiger partial charge >= 0.3 is 6.18 Å². The fourth-order valence-corrected chi connectivity index (χ4v) is 6.30. The fraction of sp³-hybridized carbons (Fsp3) is 0.417. The molecule has 1 aromatic heterocycles. The van der Waals surface area contributed by atoms with Gasteiger partial charge in [0.15, 0.2) is 5.13 Å². The first kappa shape index (κ1) is 24.6. The van der Waals surface area contributed by atoms with E-state index in [-0.39, 0.29) is 21.1 Å². The van der Waals surface area contributed by atoms with E-state index >= 15 is 0 Å². The number of piperidine rings is 1. The highest BCUT2D eigenvalue weighted by atomic mass is 32.1. The van der Waals surface area contributed by atoms with Crippen LogP contribution in [0, 0.1) is 21.3 Å². The van der Waals surface area contributed by atoms with Crippen molar-refractivity contribution in [3.05, 3.63) is 73.8 Å². The average Bonchev–Trinajstić information content (AvgIpc) is 3.21. The number of non-ortho nitro benzene ring substituents is 1. The number of nitro benzene ring substituents is 1. The number of hydrogen-bond acceptors (Lipinski definition) is 7. The molecule has 0 atom stereocenters. The third-order valence-electron chi connectivity index (χ3n) is 7.18. The van der Waals surface area contributed by atoms with Gasteiger partial charge in [-0.15, -0.1) is 0 Å². The molecular formula is C24H22F4N4O3S. The number of alkyl halides is 3. The average molecular weight is 523 g/mol. The summed E-state index contributed by atoms with van der Waals surface area (Å²) in [5, 5.41) is 11.4. The molecule has 2 aliphatic rings. The maximum atomic E-state index is 14.1. The van der Waals surface area contributed by atoms with Gasteiger partial charge < -0.3 is 4.90 Å². The van der Waals surface area contributed by atoms with Crippen LogP contribution in [0.2, 0.25) is 0 Å². The van der Waals surface area contributed by atoms with E-state index in [9.17, 15) is 32.5 Å². The van der Waals surface area contributed by atoms with E-state index in [1.165, 1.54) is 6.07 Å². The first-order valence-electron chi connectivity index (χ1n) is 11.5. The van der Waals surface area contributed by atoms with Crippen LogP contribution in [0.1, 0.15) is 30.4 Å². The number of aromatic nitrogens is 1. The van der Waals surface area contributed by atoms with Crippen molar-refractivity contribution in [3.8, 4) is 0 Å². The molecule has 1 spiro atoms. The van der Waals surface area contributed by atoms with Gasteiger partial charge in [-0.2, -0.15) is 18.2 Å². The van der Waals surface area contributed by atoms with Gasteiger partial charge in [0.2, 0.25) is 0 Å². The number of rotatable bonds is 4. The fourth-order valence-electron chi connectivity index (χ4n) is 5.19. The number of nitrogens with zero attached hydrogens (tertiary/aromatic N) is 4. The summed E-state index contributed by atoms with van der Waals surface area (Å²) < 4.78 is 53.6. The zero-order chi connectivity index (χ0) is 25.7. The number of fused-ring (bicyclic) bond motifs is 1. The molecule has 0 amide bonds. The van der Waals surface area contributed by atoms with Crippen LogP contribution in [0.5, 0.6) is 0 Å². The van der Waals surface area contributed by atoms with E-state index in [0.29, 0.717) is 37.3 Å². The first-order chi connectivity index (χ1) is 17.0. The molecule has 0 unspecified atom stereocenters. The van der Waals surface area contributed by atoms with Gasteiger partial charge in [-0.05, 0) is 43.4 Å². The lowest BCUT2D eigenvalue weighted by Gasteiger charge is -2.39. The molecule has 3 heterocycles. The van der Waals surface area contributed by atoms with Gasteiger partial charge in [-0.1, -0.05) is 29.5 Å². The van der Waals surface area contributed by atoms with Crippen LogP contribution < -0.4 is 10.5 Å². The molecule has 2 aliphatic heterocycles. The zero-order valence-electron chi connectivity index (χ0n) is 19.1. The highest BCUT2D eigenvalue weighted by molar-refractivity contribution is 7.22. The lowest BCUT2D eigenvalue weighted by atomic mass is 9.78. The first-order valence-corrected chi connectivity index (χ1v) is 12.3. The summed E-state index contributed by atoms with van der Waals surface area (Å²) in [5.74, 6) is -0.220. The van der Waals surface area contributed by atoms with Crippen LogP contribution in [-0.4, -0.2) is 41.0 Å². The summed E-state index contributed by atoms with van der Waals surface area (Å²) in [6, 6.07) is 7.82.